The average molecular weight is 454 g/mol. The van der Waals surface area contributed by atoms with E-state index in [1.807, 2.05) is 25.1 Å². The number of fused-ring (bicyclic) bond motifs is 1. The van der Waals surface area contributed by atoms with Crippen molar-refractivity contribution in [1.29, 1.82) is 0 Å². The van der Waals surface area contributed by atoms with Gasteiger partial charge in [0.15, 0.2) is 0 Å². The van der Waals surface area contributed by atoms with Gasteiger partial charge in [-0.1, -0.05) is 6.07 Å². The second-order valence-corrected chi connectivity index (χ2v) is 7.71. The minimum atomic E-state index is -4.44. The Kier molecular flexibility index (Phi) is 5.95. The van der Waals surface area contributed by atoms with Gasteiger partial charge in [0.1, 0.15) is 5.75 Å². The second-order valence-electron chi connectivity index (χ2n) is 7.71. The van der Waals surface area contributed by atoms with Crippen molar-refractivity contribution < 1.29 is 31.8 Å². The Morgan fingerprint density at radius 2 is 1.94 bits per heavy atom. The van der Waals surface area contributed by atoms with Crippen molar-refractivity contribution in [2.24, 2.45) is 0 Å². The molecule has 172 valence electrons. The van der Waals surface area contributed by atoms with Crippen LogP contribution in [0.4, 0.5) is 28.0 Å². The van der Waals surface area contributed by atoms with Gasteiger partial charge in [0.2, 0.25) is 0 Å². The molecule has 2 amide bonds. The van der Waals surface area contributed by atoms with Crippen LogP contribution in [0.5, 0.6) is 5.75 Å². The molecule has 32 heavy (non-hydrogen) atoms. The number of carbonyl (C=O) groups is 1. The van der Waals surface area contributed by atoms with E-state index in [1.54, 1.807) is 4.90 Å². The van der Waals surface area contributed by atoms with Crippen LogP contribution in [-0.4, -0.2) is 53.3 Å². The fraction of sp³-hybridized carbons (Fsp3) is 0.429. The number of rotatable bonds is 3. The fourth-order valence-corrected chi connectivity index (χ4v) is 3.73. The smallest absolute Gasteiger partial charge is 0.409 e. The quantitative estimate of drug-likeness (QED) is 0.707. The van der Waals surface area contributed by atoms with Crippen molar-refractivity contribution in [1.82, 2.24) is 14.8 Å². The first-order chi connectivity index (χ1) is 15.1. The normalized spacial score (nSPS) is 20.1. The van der Waals surface area contributed by atoms with E-state index < -0.39 is 29.7 Å². The Morgan fingerprint density at radius 3 is 2.72 bits per heavy atom. The van der Waals surface area contributed by atoms with Gasteiger partial charge < -0.3 is 15.0 Å². The van der Waals surface area contributed by atoms with Crippen LogP contribution in [0.15, 0.2) is 36.4 Å². The van der Waals surface area contributed by atoms with E-state index in [2.05, 4.69) is 24.7 Å². The zero-order valence-electron chi connectivity index (χ0n) is 17.3. The Labute approximate surface area is 181 Å². The van der Waals surface area contributed by atoms with Crippen molar-refractivity contribution in [2.45, 2.75) is 32.3 Å². The minimum Gasteiger partial charge on any atom is -0.409 e. The predicted octanol–water partition coefficient (Wildman–Crippen LogP) is 4.14. The number of urea groups is 1. The molecule has 0 radical (unpaired) electrons. The number of alkyl halides is 4. The molecule has 2 aromatic rings. The van der Waals surface area contributed by atoms with E-state index in [-0.39, 0.29) is 5.69 Å². The maximum absolute atomic E-state index is 13.9. The highest BCUT2D eigenvalue weighted by Gasteiger charge is 2.54. The summed E-state index contributed by atoms with van der Waals surface area (Å²) >= 11 is 0. The third-order valence-electron chi connectivity index (χ3n) is 5.23. The topological polar surface area (TPSA) is 66.9 Å². The highest BCUT2D eigenvalue weighted by atomic mass is 19.3. The molecule has 0 saturated carbocycles. The summed E-state index contributed by atoms with van der Waals surface area (Å²) in [6.07, 6.45) is -7.96. The summed E-state index contributed by atoms with van der Waals surface area (Å²) in [6.45, 7) is 4.94. The number of halogens is 4. The van der Waals surface area contributed by atoms with Gasteiger partial charge in [-0.05, 0) is 43.7 Å². The minimum absolute atomic E-state index is 0.0240. The number of aryl methyl sites for hydroxylation is 1. The van der Waals surface area contributed by atoms with Gasteiger partial charge >= 0.3 is 18.4 Å². The van der Waals surface area contributed by atoms with Crippen molar-refractivity contribution in [3.05, 3.63) is 53.3 Å². The third kappa shape index (κ3) is 5.10. The van der Waals surface area contributed by atoms with Gasteiger partial charge in [-0.25, -0.2) is 9.53 Å². The van der Waals surface area contributed by atoms with Gasteiger partial charge in [-0.15, -0.1) is 8.78 Å². The van der Waals surface area contributed by atoms with E-state index >= 15 is 0 Å². The molecule has 1 aromatic heterocycles. The zero-order chi connectivity index (χ0) is 22.9. The molecule has 0 bridgehead atoms. The first-order valence-corrected chi connectivity index (χ1v) is 10.1. The van der Waals surface area contributed by atoms with Crippen LogP contribution in [0.25, 0.3) is 0 Å². The standard InChI is InChI=1S/C21H22F4N4O3/c1-14-4-2-5-16(26-14)13-28-8-3-9-29(11-10-28)19(30)27-15-6-7-18-17(12-15)20(22,23)32-21(24,25)31-18/h2,4-7,12H,3,8-11,13H2,1H3,(H,27,30). The van der Waals surface area contributed by atoms with Crippen molar-refractivity contribution in [3.63, 3.8) is 0 Å². The SMILES string of the molecule is Cc1cccc(CN2CCCN(C(=O)Nc3ccc4c(c3)C(F)(F)OC(F)(F)O4)CC2)n1. The number of hydrogen-bond donors (Lipinski definition) is 1. The summed E-state index contributed by atoms with van der Waals surface area (Å²) < 4.78 is 61.8. The Bertz CT molecular complexity index is 1000. The highest BCUT2D eigenvalue weighted by Crippen LogP contribution is 2.46. The van der Waals surface area contributed by atoms with Crippen LogP contribution in [0.3, 0.4) is 0 Å². The summed E-state index contributed by atoms with van der Waals surface area (Å²) in [6, 6.07) is 8.42. The number of nitrogens with zero attached hydrogens (tertiary/aromatic N) is 3. The van der Waals surface area contributed by atoms with Crippen LogP contribution < -0.4 is 10.1 Å². The number of hydrogen-bond acceptors (Lipinski definition) is 5. The molecule has 0 aliphatic carbocycles. The molecule has 0 atom stereocenters. The molecular weight excluding hydrogens is 432 g/mol. The van der Waals surface area contributed by atoms with Crippen LogP contribution >= 0.6 is 0 Å². The van der Waals surface area contributed by atoms with Crippen LogP contribution in [0.1, 0.15) is 23.4 Å². The molecule has 0 spiro atoms. The van der Waals surface area contributed by atoms with Crippen LogP contribution in [-0.2, 0) is 17.4 Å². The second kappa shape index (κ2) is 8.55. The lowest BCUT2D eigenvalue weighted by Gasteiger charge is -2.30. The Balaban J connectivity index is 1.38. The summed E-state index contributed by atoms with van der Waals surface area (Å²) in [4.78, 5) is 21.0. The van der Waals surface area contributed by atoms with E-state index in [4.69, 9.17) is 0 Å². The molecule has 7 nitrogen and oxygen atoms in total. The number of ether oxygens (including phenoxy) is 2. The first-order valence-electron chi connectivity index (χ1n) is 10.1. The number of pyridine rings is 1. The lowest BCUT2D eigenvalue weighted by atomic mass is 10.1. The molecule has 1 fully saturated rings. The molecule has 1 N–H and O–H groups in total. The first kappa shape index (κ1) is 22.3. The summed E-state index contributed by atoms with van der Waals surface area (Å²) in [5, 5.41) is 2.54. The van der Waals surface area contributed by atoms with Gasteiger partial charge in [-0.3, -0.25) is 9.88 Å². The predicted molar refractivity (Wildman–Crippen MR) is 106 cm³/mol. The third-order valence-corrected chi connectivity index (χ3v) is 5.23. The summed E-state index contributed by atoms with van der Waals surface area (Å²) in [5.74, 6) is -0.709. The molecule has 4 rings (SSSR count). The van der Waals surface area contributed by atoms with Crippen molar-refractivity contribution in [2.75, 3.05) is 31.5 Å². The molecule has 0 unspecified atom stereocenters. The average Bonchev–Trinajstić information content (AvgIpc) is 2.93. The largest absolute Gasteiger partial charge is 0.540 e. The molecule has 1 saturated heterocycles. The number of anilines is 1. The van der Waals surface area contributed by atoms with Gasteiger partial charge in [0.05, 0.1) is 11.3 Å². The van der Waals surface area contributed by atoms with Crippen molar-refractivity contribution in [3.8, 4) is 5.75 Å². The Morgan fingerprint density at radius 1 is 1.12 bits per heavy atom. The van der Waals surface area contributed by atoms with E-state index in [0.29, 0.717) is 26.2 Å². The van der Waals surface area contributed by atoms with Gasteiger partial charge in [0, 0.05) is 44.1 Å². The van der Waals surface area contributed by atoms with E-state index in [0.717, 1.165) is 36.5 Å². The van der Waals surface area contributed by atoms with Crippen molar-refractivity contribution >= 4 is 11.7 Å². The lowest BCUT2D eigenvalue weighted by Crippen LogP contribution is -2.41. The molecule has 11 heteroatoms. The maximum atomic E-state index is 13.9. The Hall–Kier alpha value is -2.92. The van der Waals surface area contributed by atoms with E-state index in [9.17, 15) is 22.4 Å². The van der Waals surface area contributed by atoms with Crippen LogP contribution in [0, 0.1) is 6.92 Å². The number of benzene rings is 1. The highest BCUT2D eigenvalue weighted by molar-refractivity contribution is 5.89. The molecule has 2 aliphatic rings. The zero-order valence-corrected chi connectivity index (χ0v) is 17.3. The number of carbonyl (C=O) groups excluding carboxylic acids is 1. The molecule has 1 aromatic carbocycles. The van der Waals surface area contributed by atoms with Gasteiger partial charge in [0.25, 0.3) is 0 Å². The lowest BCUT2D eigenvalue weighted by molar-refractivity contribution is -0.461. The molecule has 3 heterocycles. The monoisotopic (exact) mass is 454 g/mol. The molecule has 2 aliphatic heterocycles. The fourth-order valence-electron chi connectivity index (χ4n) is 3.73. The van der Waals surface area contributed by atoms with Crippen LogP contribution in [0.2, 0.25) is 0 Å². The van der Waals surface area contributed by atoms with Gasteiger partial charge in [-0.2, -0.15) is 8.78 Å². The molecular formula is C21H22F4N4O3. The number of nitrogens with one attached hydrogen (secondary N) is 1. The summed E-state index contributed by atoms with van der Waals surface area (Å²) in [7, 11) is 0. The van der Waals surface area contributed by atoms with E-state index in [1.165, 1.54) is 6.07 Å². The number of amides is 2. The number of aromatic nitrogens is 1. The maximum Gasteiger partial charge on any atom is 0.540 e. The summed E-state index contributed by atoms with van der Waals surface area (Å²) in [5.41, 5.74) is 1.03.